The number of rotatable bonds is 5. The van der Waals surface area contributed by atoms with Crippen LogP contribution >= 0.6 is 0 Å². The van der Waals surface area contributed by atoms with Gasteiger partial charge in [0.25, 0.3) is 0 Å². The summed E-state index contributed by atoms with van der Waals surface area (Å²) in [6.07, 6.45) is 6.49. The lowest BCUT2D eigenvalue weighted by Crippen LogP contribution is -2.47. The van der Waals surface area contributed by atoms with Gasteiger partial charge in [0.05, 0.1) is 0 Å². The Kier molecular flexibility index (Phi) is 4.45. The minimum Gasteiger partial charge on any atom is -0.385 e. The SMILES string of the molecule is COCCC(C)C(N)C1CC2CCC(C1)N2C. The van der Waals surface area contributed by atoms with Crippen molar-refractivity contribution in [3.05, 3.63) is 0 Å². The molecule has 2 fully saturated rings. The maximum absolute atomic E-state index is 6.46. The van der Waals surface area contributed by atoms with Crippen molar-refractivity contribution in [2.75, 3.05) is 20.8 Å². The van der Waals surface area contributed by atoms with Crippen LogP contribution in [-0.4, -0.2) is 43.8 Å². The van der Waals surface area contributed by atoms with Gasteiger partial charge in [-0.15, -0.1) is 0 Å². The molecular formula is C14H28N2O. The van der Waals surface area contributed by atoms with Crippen molar-refractivity contribution in [1.82, 2.24) is 4.90 Å². The summed E-state index contributed by atoms with van der Waals surface area (Å²) >= 11 is 0. The quantitative estimate of drug-likeness (QED) is 0.797. The summed E-state index contributed by atoms with van der Waals surface area (Å²) in [6, 6.07) is 1.97. The van der Waals surface area contributed by atoms with Crippen molar-refractivity contribution >= 4 is 0 Å². The largest absolute Gasteiger partial charge is 0.385 e. The van der Waals surface area contributed by atoms with Crippen LogP contribution < -0.4 is 5.73 Å². The van der Waals surface area contributed by atoms with Crippen LogP contribution in [0, 0.1) is 11.8 Å². The zero-order valence-electron chi connectivity index (χ0n) is 11.6. The standard InChI is InChI=1S/C14H28N2O/c1-10(6-7-17-3)14(15)11-8-12-4-5-13(9-11)16(12)2/h10-14H,4-9,15H2,1-3H3. The minimum atomic E-state index is 0.363. The van der Waals surface area contributed by atoms with Crippen LogP contribution in [0.5, 0.6) is 0 Å². The Bertz CT molecular complexity index is 232. The average molecular weight is 240 g/mol. The molecule has 0 aromatic carbocycles. The summed E-state index contributed by atoms with van der Waals surface area (Å²) in [5.74, 6) is 1.32. The predicted octanol–water partition coefficient (Wildman–Crippen LogP) is 1.86. The van der Waals surface area contributed by atoms with Crippen LogP contribution in [-0.2, 0) is 4.74 Å². The highest BCUT2D eigenvalue weighted by atomic mass is 16.5. The number of hydrogen-bond acceptors (Lipinski definition) is 3. The molecule has 2 rings (SSSR count). The third kappa shape index (κ3) is 2.83. The van der Waals surface area contributed by atoms with Gasteiger partial charge in [0.15, 0.2) is 0 Å². The topological polar surface area (TPSA) is 38.5 Å². The third-order valence-electron chi connectivity index (χ3n) is 5.11. The highest BCUT2D eigenvalue weighted by Gasteiger charge is 2.40. The van der Waals surface area contributed by atoms with Gasteiger partial charge in [0.1, 0.15) is 0 Å². The van der Waals surface area contributed by atoms with Crippen LogP contribution in [0.15, 0.2) is 0 Å². The van der Waals surface area contributed by atoms with Crippen molar-refractivity contribution in [3.8, 4) is 0 Å². The second kappa shape index (κ2) is 5.68. The molecule has 0 spiro atoms. The van der Waals surface area contributed by atoms with Crippen molar-refractivity contribution < 1.29 is 4.74 Å². The Morgan fingerprint density at radius 2 is 1.88 bits per heavy atom. The number of ether oxygens (including phenoxy) is 1. The van der Waals surface area contributed by atoms with Gasteiger partial charge in [-0.05, 0) is 51.0 Å². The molecule has 4 atom stereocenters. The highest BCUT2D eigenvalue weighted by molar-refractivity contribution is 4.96. The highest BCUT2D eigenvalue weighted by Crippen LogP contribution is 2.39. The van der Waals surface area contributed by atoms with Gasteiger partial charge in [-0.3, -0.25) is 0 Å². The number of fused-ring (bicyclic) bond motifs is 2. The summed E-state index contributed by atoms with van der Waals surface area (Å²) in [5, 5.41) is 0. The molecule has 0 aliphatic carbocycles. The van der Waals surface area contributed by atoms with E-state index in [1.807, 2.05) is 0 Å². The number of hydrogen-bond donors (Lipinski definition) is 1. The molecule has 2 saturated heterocycles. The van der Waals surface area contributed by atoms with Crippen LogP contribution in [0.25, 0.3) is 0 Å². The summed E-state index contributed by atoms with van der Waals surface area (Å²) in [7, 11) is 4.06. The van der Waals surface area contributed by atoms with E-state index >= 15 is 0 Å². The van der Waals surface area contributed by atoms with Gasteiger partial charge in [0, 0.05) is 31.8 Å². The first-order valence-corrected chi connectivity index (χ1v) is 7.10. The molecule has 0 aromatic rings. The second-order valence-electron chi connectivity index (χ2n) is 6.12. The zero-order valence-corrected chi connectivity index (χ0v) is 11.6. The summed E-state index contributed by atoms with van der Waals surface area (Å²) < 4.78 is 5.16. The van der Waals surface area contributed by atoms with E-state index in [-0.39, 0.29) is 0 Å². The van der Waals surface area contributed by atoms with E-state index < -0.39 is 0 Å². The molecule has 0 amide bonds. The number of nitrogens with two attached hydrogens (primary N) is 1. The van der Waals surface area contributed by atoms with Gasteiger partial charge < -0.3 is 15.4 Å². The van der Waals surface area contributed by atoms with Gasteiger partial charge in [-0.25, -0.2) is 0 Å². The molecule has 4 unspecified atom stereocenters. The fourth-order valence-corrected chi connectivity index (χ4v) is 3.73. The van der Waals surface area contributed by atoms with Crippen LogP contribution in [0.1, 0.15) is 39.0 Å². The first-order valence-electron chi connectivity index (χ1n) is 7.10. The Labute approximate surface area is 106 Å². The molecule has 3 nitrogen and oxygen atoms in total. The lowest BCUT2D eigenvalue weighted by Gasteiger charge is -2.40. The first kappa shape index (κ1) is 13.3. The lowest BCUT2D eigenvalue weighted by molar-refractivity contribution is 0.100. The van der Waals surface area contributed by atoms with E-state index in [9.17, 15) is 0 Å². The fraction of sp³-hybridized carbons (Fsp3) is 1.00. The van der Waals surface area contributed by atoms with Crippen molar-refractivity contribution in [2.24, 2.45) is 17.6 Å². The molecule has 100 valence electrons. The number of methoxy groups -OCH3 is 1. The molecule has 2 aliphatic rings. The van der Waals surface area contributed by atoms with Crippen LogP contribution in [0.3, 0.4) is 0 Å². The molecular weight excluding hydrogens is 212 g/mol. The van der Waals surface area contributed by atoms with Crippen molar-refractivity contribution in [1.29, 1.82) is 0 Å². The Balaban J connectivity index is 1.86. The predicted molar refractivity (Wildman–Crippen MR) is 70.9 cm³/mol. The molecule has 17 heavy (non-hydrogen) atoms. The van der Waals surface area contributed by atoms with Crippen LogP contribution in [0.2, 0.25) is 0 Å². The van der Waals surface area contributed by atoms with Gasteiger partial charge in [-0.2, -0.15) is 0 Å². The lowest BCUT2D eigenvalue weighted by atomic mass is 9.79. The summed E-state index contributed by atoms with van der Waals surface area (Å²) in [6.45, 7) is 3.12. The maximum Gasteiger partial charge on any atom is 0.0465 e. The average Bonchev–Trinajstić information content (AvgIpc) is 2.58. The molecule has 2 N–H and O–H groups in total. The number of piperidine rings is 1. The van der Waals surface area contributed by atoms with E-state index in [2.05, 4.69) is 18.9 Å². The monoisotopic (exact) mass is 240 g/mol. The van der Waals surface area contributed by atoms with E-state index in [1.165, 1.54) is 25.7 Å². The molecule has 3 heteroatoms. The zero-order chi connectivity index (χ0) is 12.4. The molecule has 2 heterocycles. The van der Waals surface area contributed by atoms with Gasteiger partial charge in [-0.1, -0.05) is 6.92 Å². The van der Waals surface area contributed by atoms with Gasteiger partial charge in [0.2, 0.25) is 0 Å². The summed E-state index contributed by atoms with van der Waals surface area (Å²) in [5.41, 5.74) is 6.46. The molecule has 0 radical (unpaired) electrons. The van der Waals surface area contributed by atoms with E-state index in [1.54, 1.807) is 7.11 Å². The van der Waals surface area contributed by atoms with Gasteiger partial charge >= 0.3 is 0 Å². The third-order valence-corrected chi connectivity index (χ3v) is 5.11. The number of nitrogens with zero attached hydrogens (tertiary/aromatic N) is 1. The molecule has 0 aromatic heterocycles. The van der Waals surface area contributed by atoms with E-state index in [0.29, 0.717) is 12.0 Å². The van der Waals surface area contributed by atoms with E-state index in [0.717, 1.165) is 31.0 Å². The molecule has 2 bridgehead atoms. The molecule has 2 aliphatic heterocycles. The smallest absolute Gasteiger partial charge is 0.0465 e. The second-order valence-corrected chi connectivity index (χ2v) is 6.12. The van der Waals surface area contributed by atoms with Crippen molar-refractivity contribution in [2.45, 2.75) is 57.2 Å². The Morgan fingerprint density at radius 1 is 1.29 bits per heavy atom. The first-order chi connectivity index (χ1) is 8.13. The van der Waals surface area contributed by atoms with Crippen molar-refractivity contribution in [3.63, 3.8) is 0 Å². The Hall–Kier alpha value is -0.120. The molecule has 0 saturated carbocycles. The fourth-order valence-electron chi connectivity index (χ4n) is 3.73. The normalized spacial score (nSPS) is 37.1. The van der Waals surface area contributed by atoms with E-state index in [4.69, 9.17) is 10.5 Å². The summed E-state index contributed by atoms with van der Waals surface area (Å²) in [4.78, 5) is 2.59. The van der Waals surface area contributed by atoms with Crippen LogP contribution in [0.4, 0.5) is 0 Å². The minimum absolute atomic E-state index is 0.363. The maximum atomic E-state index is 6.46. The Morgan fingerprint density at radius 3 is 2.41 bits per heavy atom.